The van der Waals surface area contributed by atoms with Crippen LogP contribution < -0.4 is 10.3 Å². The van der Waals surface area contributed by atoms with Gasteiger partial charge in [-0.05, 0) is 30.7 Å². The fourth-order valence-electron chi connectivity index (χ4n) is 4.36. The molecule has 5 aromatic rings. The summed E-state index contributed by atoms with van der Waals surface area (Å²) < 4.78 is 15.2. The minimum atomic E-state index is -0.0935. The van der Waals surface area contributed by atoms with Gasteiger partial charge in [-0.15, -0.1) is 0 Å². The van der Waals surface area contributed by atoms with E-state index in [-0.39, 0.29) is 18.2 Å². The van der Waals surface area contributed by atoms with E-state index < -0.39 is 0 Å². The number of hydrogen-bond donors (Lipinski definition) is 0. The molecular weight excluding hydrogens is 418 g/mol. The monoisotopic (exact) mass is 441 g/mol. The van der Waals surface area contributed by atoms with Crippen molar-refractivity contribution in [3.63, 3.8) is 0 Å². The number of fused-ring (bicyclic) bond motifs is 4. The first kappa shape index (κ1) is 19.9. The van der Waals surface area contributed by atoms with E-state index in [0.29, 0.717) is 30.3 Å². The maximum atomic E-state index is 13.5. The first-order chi connectivity index (χ1) is 16.2. The van der Waals surface area contributed by atoms with E-state index in [1.54, 1.807) is 4.57 Å². The predicted octanol–water partition coefficient (Wildman–Crippen LogP) is 3.37. The Hall–Kier alpha value is -3.78. The van der Waals surface area contributed by atoms with E-state index >= 15 is 0 Å². The lowest BCUT2D eigenvalue weighted by Crippen LogP contribution is -2.25. The third kappa shape index (κ3) is 3.43. The fraction of sp³-hybridized carbons (Fsp3) is 0.280. The number of rotatable bonds is 5. The van der Waals surface area contributed by atoms with Gasteiger partial charge in [-0.25, -0.2) is 9.50 Å². The van der Waals surface area contributed by atoms with Crippen LogP contribution in [0, 0.1) is 0 Å². The van der Waals surface area contributed by atoms with Gasteiger partial charge in [0.25, 0.3) is 5.56 Å². The third-order valence-electron chi connectivity index (χ3n) is 6.07. The largest absolute Gasteiger partial charge is 0.471 e. The molecule has 4 heterocycles. The lowest BCUT2D eigenvalue weighted by atomic mass is 10.2. The van der Waals surface area contributed by atoms with Crippen LogP contribution in [-0.2, 0) is 17.7 Å². The van der Waals surface area contributed by atoms with Crippen LogP contribution in [0.5, 0.6) is 5.88 Å². The van der Waals surface area contributed by atoms with Crippen molar-refractivity contribution < 1.29 is 9.47 Å². The SMILES string of the molecule is CCc1cc2n(Cc3nc(OC4CCOC4)c4ccccc4n3)c(=O)c3ccccc3n2n1. The van der Waals surface area contributed by atoms with Gasteiger partial charge in [0.05, 0.1) is 47.3 Å². The number of aryl methyl sites for hydroxylation is 1. The highest BCUT2D eigenvalue weighted by molar-refractivity contribution is 5.83. The fourth-order valence-corrected chi connectivity index (χ4v) is 4.36. The Kier molecular flexibility index (Phi) is 4.80. The highest BCUT2D eigenvalue weighted by Gasteiger charge is 2.21. The second-order valence-electron chi connectivity index (χ2n) is 8.23. The van der Waals surface area contributed by atoms with Crippen LogP contribution in [0.1, 0.15) is 24.9 Å². The molecule has 2 aromatic carbocycles. The van der Waals surface area contributed by atoms with Gasteiger partial charge < -0.3 is 9.47 Å². The van der Waals surface area contributed by atoms with Crippen LogP contribution in [0.3, 0.4) is 0 Å². The van der Waals surface area contributed by atoms with E-state index in [0.717, 1.165) is 40.6 Å². The molecule has 8 heteroatoms. The zero-order valence-electron chi connectivity index (χ0n) is 18.3. The molecule has 1 unspecified atom stereocenters. The molecule has 0 amide bonds. The first-order valence-corrected chi connectivity index (χ1v) is 11.2. The number of ether oxygens (including phenoxy) is 2. The van der Waals surface area contributed by atoms with Crippen LogP contribution in [0.2, 0.25) is 0 Å². The Morgan fingerprint density at radius 3 is 2.73 bits per heavy atom. The van der Waals surface area contributed by atoms with Crippen molar-refractivity contribution in [2.24, 2.45) is 0 Å². The van der Waals surface area contributed by atoms with Gasteiger partial charge in [-0.2, -0.15) is 10.1 Å². The van der Waals surface area contributed by atoms with Crippen molar-refractivity contribution in [3.8, 4) is 5.88 Å². The molecule has 0 N–H and O–H groups in total. The van der Waals surface area contributed by atoms with Gasteiger partial charge in [-0.1, -0.05) is 31.2 Å². The minimum absolute atomic E-state index is 0.0341. The summed E-state index contributed by atoms with van der Waals surface area (Å²) in [6, 6.07) is 17.3. The Morgan fingerprint density at radius 2 is 1.91 bits per heavy atom. The quantitative estimate of drug-likeness (QED) is 0.416. The highest BCUT2D eigenvalue weighted by Crippen LogP contribution is 2.25. The minimum Gasteiger partial charge on any atom is -0.471 e. The topological polar surface area (TPSA) is 83.5 Å². The molecule has 1 fully saturated rings. The second kappa shape index (κ2) is 7.97. The van der Waals surface area contributed by atoms with Crippen molar-refractivity contribution in [1.29, 1.82) is 0 Å². The van der Waals surface area contributed by atoms with Crippen LogP contribution in [0.15, 0.2) is 59.4 Å². The molecule has 166 valence electrons. The third-order valence-corrected chi connectivity index (χ3v) is 6.07. The molecule has 1 aliphatic heterocycles. The summed E-state index contributed by atoms with van der Waals surface area (Å²) in [5.41, 5.74) is 3.12. The Bertz CT molecular complexity index is 1550. The summed E-state index contributed by atoms with van der Waals surface area (Å²) in [7, 11) is 0. The van der Waals surface area contributed by atoms with Gasteiger partial charge in [0.2, 0.25) is 5.88 Å². The molecule has 1 atom stereocenters. The number of benzene rings is 2. The maximum absolute atomic E-state index is 13.5. The summed E-state index contributed by atoms with van der Waals surface area (Å²) in [5.74, 6) is 1.04. The molecule has 0 spiro atoms. The molecule has 3 aromatic heterocycles. The van der Waals surface area contributed by atoms with Crippen molar-refractivity contribution in [1.82, 2.24) is 24.1 Å². The van der Waals surface area contributed by atoms with E-state index in [1.165, 1.54) is 0 Å². The molecule has 6 rings (SSSR count). The van der Waals surface area contributed by atoms with Crippen molar-refractivity contribution in [2.45, 2.75) is 32.4 Å². The average Bonchev–Trinajstić information content (AvgIpc) is 3.52. The molecule has 0 saturated carbocycles. The van der Waals surface area contributed by atoms with Gasteiger partial charge in [0, 0.05) is 12.5 Å². The zero-order chi connectivity index (χ0) is 22.4. The van der Waals surface area contributed by atoms with Crippen molar-refractivity contribution in [2.75, 3.05) is 13.2 Å². The predicted molar refractivity (Wildman–Crippen MR) is 125 cm³/mol. The van der Waals surface area contributed by atoms with Crippen LogP contribution in [0.4, 0.5) is 0 Å². The molecular formula is C25H23N5O3. The number of para-hydroxylation sites is 2. The van der Waals surface area contributed by atoms with Crippen molar-refractivity contribution >= 4 is 27.5 Å². The summed E-state index contributed by atoms with van der Waals surface area (Å²) in [4.78, 5) is 23.0. The number of nitrogens with zero attached hydrogens (tertiary/aromatic N) is 5. The second-order valence-corrected chi connectivity index (χ2v) is 8.23. The Morgan fingerprint density at radius 1 is 1.09 bits per heavy atom. The van der Waals surface area contributed by atoms with Gasteiger partial charge in [0.1, 0.15) is 11.8 Å². The first-order valence-electron chi connectivity index (χ1n) is 11.2. The van der Waals surface area contributed by atoms with Gasteiger partial charge >= 0.3 is 0 Å². The Balaban J connectivity index is 1.52. The summed E-state index contributed by atoms with van der Waals surface area (Å²) >= 11 is 0. The summed E-state index contributed by atoms with van der Waals surface area (Å²) in [6.07, 6.45) is 1.57. The number of hydrogen-bond acceptors (Lipinski definition) is 6. The average molecular weight is 441 g/mol. The maximum Gasteiger partial charge on any atom is 0.262 e. The van der Waals surface area contributed by atoms with E-state index in [2.05, 4.69) is 6.92 Å². The molecule has 0 aliphatic carbocycles. The van der Waals surface area contributed by atoms with E-state index in [9.17, 15) is 4.79 Å². The molecule has 1 saturated heterocycles. The van der Waals surface area contributed by atoms with E-state index in [1.807, 2.05) is 59.1 Å². The van der Waals surface area contributed by atoms with Crippen LogP contribution in [-0.4, -0.2) is 43.5 Å². The van der Waals surface area contributed by atoms with E-state index in [4.69, 9.17) is 24.5 Å². The van der Waals surface area contributed by atoms with Crippen LogP contribution in [0.25, 0.3) is 27.5 Å². The van der Waals surface area contributed by atoms with Crippen molar-refractivity contribution in [3.05, 3.63) is 76.5 Å². The smallest absolute Gasteiger partial charge is 0.262 e. The van der Waals surface area contributed by atoms with Gasteiger partial charge in [0.15, 0.2) is 5.82 Å². The normalized spacial score (nSPS) is 16.2. The summed E-state index contributed by atoms with van der Waals surface area (Å²) in [5, 5.41) is 6.17. The molecule has 1 aliphatic rings. The summed E-state index contributed by atoms with van der Waals surface area (Å²) in [6.45, 7) is 3.50. The number of aromatic nitrogens is 5. The molecule has 33 heavy (non-hydrogen) atoms. The van der Waals surface area contributed by atoms with Crippen LogP contribution >= 0.6 is 0 Å². The molecule has 0 radical (unpaired) electrons. The van der Waals surface area contributed by atoms with Gasteiger partial charge in [-0.3, -0.25) is 9.36 Å². The lowest BCUT2D eigenvalue weighted by molar-refractivity contribution is 0.139. The highest BCUT2D eigenvalue weighted by atomic mass is 16.5. The molecule has 8 nitrogen and oxygen atoms in total. The molecule has 0 bridgehead atoms. The zero-order valence-corrected chi connectivity index (χ0v) is 18.3. The Labute approximate surface area is 189 Å². The lowest BCUT2D eigenvalue weighted by Gasteiger charge is -2.15. The standard InChI is InChI=1S/C25H23N5O3/c1-2-16-13-23-29(25(31)19-8-4-6-10-21(19)30(23)28-16)14-22-26-20-9-5-3-7-18(20)24(27-22)33-17-11-12-32-15-17/h3-10,13,17H,2,11-12,14-15H2,1H3.